The van der Waals surface area contributed by atoms with Crippen LogP contribution in [0.5, 0.6) is 5.75 Å². The number of nitrogens with zero attached hydrogens (tertiary/aromatic N) is 5. The number of aromatic nitrogens is 4. The molecule has 0 radical (unpaired) electrons. The van der Waals surface area contributed by atoms with E-state index in [2.05, 4.69) is 39.7 Å². The minimum Gasteiger partial charge on any atom is -0.508 e. The second kappa shape index (κ2) is 22.4. The first kappa shape index (κ1) is 57.1. The van der Waals surface area contributed by atoms with Crippen LogP contribution in [0.2, 0.25) is 0 Å². The number of carbonyl (C=O) groups excluding carboxylic acids is 5. The number of amides is 4. The van der Waals surface area contributed by atoms with Crippen molar-refractivity contribution in [3.63, 3.8) is 0 Å². The molecule has 0 bridgehead atoms. The number of phenolic OH excluding ortho intramolecular Hbond substituents is 1. The molecule has 6 rings (SSSR count). The summed E-state index contributed by atoms with van der Waals surface area (Å²) >= 11 is 2.25. The van der Waals surface area contributed by atoms with E-state index < -0.39 is 125 Å². The van der Waals surface area contributed by atoms with Crippen molar-refractivity contribution in [1.29, 1.82) is 0 Å². The zero-order chi connectivity index (χ0) is 53.3. The maximum atomic E-state index is 13.4. The number of ether oxygens (including phenoxy) is 1. The minimum absolute atomic E-state index is 0.00441. The summed E-state index contributed by atoms with van der Waals surface area (Å²) in [5, 5.41) is 37.9. The van der Waals surface area contributed by atoms with Crippen molar-refractivity contribution in [3.8, 4) is 5.75 Å². The Balaban J connectivity index is 0.895. The highest BCUT2D eigenvalue weighted by molar-refractivity contribution is 8.14. The van der Waals surface area contributed by atoms with Crippen LogP contribution in [0.1, 0.15) is 51.9 Å². The van der Waals surface area contributed by atoms with Crippen molar-refractivity contribution >= 4 is 92.7 Å². The smallest absolute Gasteiger partial charge is 0.481 e. The molecule has 3 aromatic rings. The SMILES string of the molecule is CC(C)(COP(=O)(O)OP(=O)(O)OCC1OC(n2cnc3c(N)ncnc32)C(O)C1OP(=O)(O)O)C(O)C(=O)NCCC(=O)NCCSC(=O)[C@@H]1N2C(=O)[C@@H](NC(=O)[C@H](N)c3ccc(O)cc3)[C@H]2SC1(C)C. The van der Waals surface area contributed by atoms with E-state index >= 15 is 0 Å². The molecule has 2 aromatic heterocycles. The molecule has 30 nitrogen and oxygen atoms in total. The molecule has 3 fully saturated rings. The Kier molecular flexibility index (Phi) is 17.7. The predicted octanol–water partition coefficient (Wildman–Crippen LogP) is -1.38. The number of aliphatic hydroxyl groups excluding tert-OH is 2. The van der Waals surface area contributed by atoms with Crippen LogP contribution in [0, 0.1) is 5.41 Å². The highest BCUT2D eigenvalue weighted by Crippen LogP contribution is 2.61. The zero-order valence-corrected chi connectivity index (χ0v) is 42.7. The summed E-state index contributed by atoms with van der Waals surface area (Å²) in [5.41, 5.74) is 10.7. The van der Waals surface area contributed by atoms with Crippen molar-refractivity contribution in [2.75, 3.05) is 37.8 Å². The number of imidazole rings is 1. The fourth-order valence-corrected chi connectivity index (χ4v) is 13.1. The summed E-state index contributed by atoms with van der Waals surface area (Å²) in [6.07, 6.45) is -7.23. The number of aromatic hydroxyl groups is 1. The second-order valence-corrected chi connectivity index (χ2v) is 24.7. The number of β-lactam (4-membered cyclic amide) rings is 1. The number of hydrogen-bond acceptors (Lipinski definition) is 23. The molecule has 11 atom stereocenters. The van der Waals surface area contributed by atoms with Gasteiger partial charge in [0.2, 0.25) is 28.7 Å². The van der Waals surface area contributed by atoms with Gasteiger partial charge < -0.3 is 71.9 Å². The Morgan fingerprint density at radius 3 is 2.33 bits per heavy atom. The van der Waals surface area contributed by atoms with Crippen LogP contribution in [0.3, 0.4) is 0 Å². The van der Waals surface area contributed by atoms with Gasteiger partial charge >= 0.3 is 23.5 Å². The standard InChI is InChI=1S/C37H53N10O20P3S2/c1-36(2,14-64-70(61,62)67-69(59,60)63-13-19-25(66-68(56,57)58)24(50)33(65-19)46-16-44-22-28(39)42-15-43-29(22)46)27(51)31(53)41-10-9-20(49)40-11-12-71-35(55)26-37(3,4)72-34-23(32(54)47(26)34)45-30(52)21(38)17-5-7-18(48)8-6-17/h5-8,15-16,19,21,23-27,33-34,48,50-51H,9-14,38H2,1-4H3,(H,40,49)(H,41,53)(H,45,52)(H,59,60)(H,61,62)(H2,39,42,43)(H2,56,57,58)/t19?,21-,23-,24?,25?,26+,27?,33?,34-/m1/s1. The molecule has 4 amide bonds. The summed E-state index contributed by atoms with van der Waals surface area (Å²) in [4.78, 5) is 117. The van der Waals surface area contributed by atoms with Crippen molar-refractivity contribution in [3.05, 3.63) is 42.5 Å². The normalized spacial score (nSPS) is 25.4. The van der Waals surface area contributed by atoms with Gasteiger partial charge in [0.1, 0.15) is 65.5 Å². The summed E-state index contributed by atoms with van der Waals surface area (Å²) < 4.78 is 61.8. The van der Waals surface area contributed by atoms with E-state index in [1.165, 1.54) is 54.8 Å². The molecule has 398 valence electrons. The van der Waals surface area contributed by atoms with Gasteiger partial charge in [0, 0.05) is 35.4 Å². The molecule has 5 heterocycles. The molecule has 0 aliphatic carbocycles. The quantitative estimate of drug-likeness (QED) is 0.0296. The van der Waals surface area contributed by atoms with E-state index in [4.69, 9.17) is 25.3 Å². The number of anilines is 1. The number of benzene rings is 1. The summed E-state index contributed by atoms with van der Waals surface area (Å²) in [5.74, 6) is -2.57. The molecule has 0 spiro atoms. The van der Waals surface area contributed by atoms with Crippen LogP contribution in [0.25, 0.3) is 11.2 Å². The number of fused-ring (bicyclic) bond motifs is 2. The molecule has 35 heteroatoms. The van der Waals surface area contributed by atoms with E-state index in [-0.39, 0.29) is 53.1 Å². The van der Waals surface area contributed by atoms with Gasteiger partial charge in [-0.05, 0) is 31.5 Å². The van der Waals surface area contributed by atoms with E-state index in [0.29, 0.717) is 5.56 Å². The molecular weight excluding hydrogens is 1060 g/mol. The lowest BCUT2D eigenvalue weighted by molar-refractivity contribution is -0.153. The number of rotatable bonds is 23. The van der Waals surface area contributed by atoms with Crippen LogP contribution in [-0.2, 0) is 60.3 Å². The first-order valence-corrected chi connectivity index (χ1v) is 27.7. The number of nitrogens with two attached hydrogens (primary N) is 2. The third-order valence-electron chi connectivity index (χ3n) is 11.2. The lowest BCUT2D eigenvalue weighted by Gasteiger charge is -2.44. The Hall–Kier alpha value is -4.17. The van der Waals surface area contributed by atoms with Gasteiger partial charge in [-0.3, -0.25) is 42.1 Å². The van der Waals surface area contributed by atoms with Crippen molar-refractivity contribution in [1.82, 2.24) is 40.4 Å². The summed E-state index contributed by atoms with van der Waals surface area (Å²) in [7, 11) is -16.5. The molecule has 3 aliphatic heterocycles. The van der Waals surface area contributed by atoms with Gasteiger partial charge in [-0.15, -0.1) is 11.8 Å². The Bertz CT molecular complexity index is 2680. The Morgan fingerprint density at radius 1 is 1.00 bits per heavy atom. The molecule has 3 saturated heterocycles. The van der Waals surface area contributed by atoms with Gasteiger partial charge in [-0.2, -0.15) is 4.31 Å². The van der Waals surface area contributed by atoms with E-state index in [1.807, 2.05) is 0 Å². The number of carbonyl (C=O) groups is 5. The lowest BCUT2D eigenvalue weighted by Crippen LogP contribution is -2.70. The largest absolute Gasteiger partial charge is 0.508 e. The predicted molar refractivity (Wildman–Crippen MR) is 250 cm³/mol. The highest BCUT2D eigenvalue weighted by Gasteiger charge is 2.64. The number of phosphoric acid groups is 3. The topological polar surface area (TPSA) is 459 Å². The van der Waals surface area contributed by atoms with Crippen LogP contribution in [-0.4, -0.2) is 167 Å². The number of aliphatic hydroxyl groups is 2. The minimum atomic E-state index is -5.62. The maximum absolute atomic E-state index is 13.4. The summed E-state index contributed by atoms with van der Waals surface area (Å²) in [6, 6.07) is 2.89. The van der Waals surface area contributed by atoms with E-state index in [0.717, 1.165) is 29.0 Å². The number of phenols is 1. The number of phosphoric ester groups is 3. The van der Waals surface area contributed by atoms with Crippen molar-refractivity contribution in [2.24, 2.45) is 11.1 Å². The van der Waals surface area contributed by atoms with Gasteiger partial charge in [0.05, 0.1) is 19.5 Å². The molecule has 7 unspecified atom stereocenters. The molecule has 72 heavy (non-hydrogen) atoms. The van der Waals surface area contributed by atoms with Gasteiger partial charge in [-0.25, -0.2) is 28.6 Å². The average molecular weight is 1110 g/mol. The molecule has 14 N–H and O–H groups in total. The number of nitrogen functional groups attached to an aromatic ring is 1. The monoisotopic (exact) mass is 1110 g/mol. The Morgan fingerprint density at radius 2 is 1.67 bits per heavy atom. The average Bonchev–Trinajstić information content (AvgIpc) is 3.93. The number of thioether (sulfide) groups is 2. The maximum Gasteiger partial charge on any atom is 0.481 e. The first-order valence-electron chi connectivity index (χ1n) is 21.3. The van der Waals surface area contributed by atoms with Gasteiger partial charge in [0.25, 0.3) is 0 Å². The number of nitrogens with one attached hydrogen (secondary N) is 3. The third kappa shape index (κ3) is 13.6. The Labute approximate surface area is 417 Å². The molecule has 3 aliphatic rings. The van der Waals surface area contributed by atoms with Gasteiger partial charge in [-0.1, -0.05) is 37.7 Å². The fraction of sp³-hybridized carbons (Fsp3) is 0.568. The van der Waals surface area contributed by atoms with Crippen LogP contribution < -0.4 is 27.4 Å². The highest BCUT2D eigenvalue weighted by atomic mass is 32.2. The summed E-state index contributed by atoms with van der Waals surface area (Å²) in [6.45, 7) is 3.68. The van der Waals surface area contributed by atoms with Crippen molar-refractivity contribution < 1.29 is 95.2 Å². The zero-order valence-electron chi connectivity index (χ0n) is 38.4. The molecule has 0 saturated carbocycles. The molecular formula is C37H53N10O20P3S2. The van der Waals surface area contributed by atoms with Gasteiger partial charge in [0.15, 0.2) is 17.7 Å². The third-order valence-corrected chi connectivity index (χ3v) is 16.8. The first-order chi connectivity index (χ1) is 33.4. The van der Waals surface area contributed by atoms with E-state index in [9.17, 15) is 72.6 Å². The fourth-order valence-electron chi connectivity index (χ4n) is 7.56. The van der Waals surface area contributed by atoms with Crippen LogP contribution in [0.15, 0.2) is 36.9 Å². The van der Waals surface area contributed by atoms with Crippen LogP contribution >= 0.6 is 47.0 Å². The number of hydrogen-bond donors (Lipinski definition) is 12. The van der Waals surface area contributed by atoms with Crippen LogP contribution in [0.4, 0.5) is 5.82 Å². The van der Waals surface area contributed by atoms with E-state index in [1.54, 1.807) is 13.8 Å². The second-order valence-electron chi connectivity index (χ2n) is 17.6. The molecule has 1 aromatic carbocycles. The lowest BCUT2D eigenvalue weighted by atomic mass is 9.87. The van der Waals surface area contributed by atoms with Crippen molar-refractivity contribution in [2.45, 2.75) is 93.0 Å².